The quantitative estimate of drug-likeness (QED) is 0.438. The van der Waals surface area contributed by atoms with E-state index in [9.17, 15) is 15.0 Å². The van der Waals surface area contributed by atoms with Crippen molar-refractivity contribution in [2.24, 2.45) is 0 Å². The van der Waals surface area contributed by atoms with Gasteiger partial charge in [-0.25, -0.2) is 0 Å². The highest BCUT2D eigenvalue weighted by Gasteiger charge is 2.14. The summed E-state index contributed by atoms with van der Waals surface area (Å²) in [5.74, 6) is -0.0616. The first-order valence-corrected chi connectivity index (χ1v) is 7.87. The first-order valence-electron chi connectivity index (χ1n) is 7.87. The Morgan fingerprint density at radius 1 is 1.17 bits per heavy atom. The molecule has 0 saturated heterocycles. The minimum Gasteiger partial charge on any atom is -1.00 e. The van der Waals surface area contributed by atoms with Crippen LogP contribution in [-0.2, 0) is 0 Å². The van der Waals surface area contributed by atoms with Crippen LogP contribution >= 0.6 is 0 Å². The molecule has 0 radical (unpaired) electrons. The summed E-state index contributed by atoms with van der Waals surface area (Å²) in [5.41, 5.74) is 3.49. The van der Waals surface area contributed by atoms with Gasteiger partial charge in [0.15, 0.2) is 5.78 Å². The van der Waals surface area contributed by atoms with E-state index in [1.165, 1.54) is 6.07 Å². The fourth-order valence-electron chi connectivity index (χ4n) is 2.60. The Balaban J connectivity index is 0.00000288. The number of aliphatic hydroxyl groups is 1. The van der Waals surface area contributed by atoms with E-state index >= 15 is 0 Å². The number of phenolic OH excluding ortho intramolecular Hbond substituents is 1. The maximum Gasteiger partial charge on any atom is 0.172 e. The van der Waals surface area contributed by atoms with Crippen LogP contribution in [0.15, 0.2) is 42.5 Å². The lowest BCUT2D eigenvalue weighted by Crippen LogP contribution is -3.00. The van der Waals surface area contributed by atoms with Crippen molar-refractivity contribution in [1.29, 1.82) is 0 Å². The molecule has 0 bridgehead atoms. The average molecular weight is 350 g/mol. The summed E-state index contributed by atoms with van der Waals surface area (Å²) in [6.07, 6.45) is -0.216. The molecule has 0 amide bonds. The minimum absolute atomic E-state index is 0. The Hall–Kier alpha value is -1.88. The summed E-state index contributed by atoms with van der Waals surface area (Å²) in [6.45, 7) is 5.08. The molecule has 0 aliphatic heterocycles. The van der Waals surface area contributed by atoms with Gasteiger partial charge in [-0.05, 0) is 37.1 Å². The molecule has 0 aromatic heterocycles. The molecule has 1 atom stereocenters. The molecule has 0 spiro atoms. The van der Waals surface area contributed by atoms with E-state index in [-0.39, 0.29) is 23.9 Å². The predicted molar refractivity (Wildman–Crippen MR) is 89.6 cm³/mol. The van der Waals surface area contributed by atoms with E-state index in [2.05, 4.69) is 0 Å². The second-order valence-electron chi connectivity index (χ2n) is 5.88. The molecule has 2 aromatic carbocycles. The molecule has 0 heterocycles. The summed E-state index contributed by atoms with van der Waals surface area (Å²) in [6, 6.07) is 12.6. The molecule has 1 unspecified atom stereocenters. The fraction of sp³-hybridized carbons (Fsp3) is 0.316. The second-order valence-corrected chi connectivity index (χ2v) is 5.88. The van der Waals surface area contributed by atoms with Crippen molar-refractivity contribution in [1.82, 2.24) is 0 Å². The van der Waals surface area contributed by atoms with Crippen LogP contribution in [0.5, 0.6) is 5.75 Å². The monoisotopic (exact) mass is 349 g/mol. The summed E-state index contributed by atoms with van der Waals surface area (Å²) >= 11 is 0. The highest BCUT2D eigenvalue weighted by molar-refractivity contribution is 5.98. The first-order chi connectivity index (χ1) is 11.0. The van der Waals surface area contributed by atoms with Gasteiger partial charge in [0, 0.05) is 0 Å². The third-order valence-corrected chi connectivity index (χ3v) is 3.96. The fourth-order valence-corrected chi connectivity index (χ4v) is 2.60. The molecule has 4 nitrogen and oxygen atoms in total. The van der Waals surface area contributed by atoms with Crippen LogP contribution in [0.25, 0.3) is 0 Å². The number of aryl methyl sites for hydroxylation is 2. The Morgan fingerprint density at radius 2 is 1.88 bits per heavy atom. The van der Waals surface area contributed by atoms with E-state index in [4.69, 9.17) is 0 Å². The maximum atomic E-state index is 12.0. The maximum absolute atomic E-state index is 12.0. The number of hydrogen-bond donors (Lipinski definition) is 3. The molecule has 0 fully saturated rings. The SMILES string of the molecule is Cc1ccc(C)c(C(O)C[NH2+]CCC(=O)c2ccccc2O)c1.[Cl-]. The number of Topliss-reactive ketones (excluding diaryl/α,β-unsaturated/α-hetero) is 1. The number of ketones is 1. The van der Waals surface area contributed by atoms with Gasteiger partial charge in [-0.2, -0.15) is 0 Å². The van der Waals surface area contributed by atoms with Gasteiger partial charge >= 0.3 is 0 Å². The first kappa shape index (κ1) is 20.2. The van der Waals surface area contributed by atoms with E-state index in [0.717, 1.165) is 16.7 Å². The molecule has 24 heavy (non-hydrogen) atoms. The molecule has 0 aliphatic carbocycles. The van der Waals surface area contributed by atoms with E-state index < -0.39 is 6.10 Å². The number of carbonyl (C=O) groups excluding carboxylic acids is 1. The number of halogens is 1. The van der Waals surface area contributed by atoms with Crippen molar-refractivity contribution in [2.45, 2.75) is 26.4 Å². The number of quaternary nitrogens is 1. The molecule has 2 aromatic rings. The van der Waals surface area contributed by atoms with Crippen molar-refractivity contribution >= 4 is 5.78 Å². The van der Waals surface area contributed by atoms with Gasteiger partial charge in [0.2, 0.25) is 0 Å². The third-order valence-electron chi connectivity index (χ3n) is 3.96. The Labute approximate surface area is 148 Å². The topological polar surface area (TPSA) is 74.1 Å². The number of benzene rings is 2. The van der Waals surface area contributed by atoms with Gasteiger partial charge in [0.25, 0.3) is 0 Å². The Kier molecular flexibility index (Phi) is 7.92. The van der Waals surface area contributed by atoms with Crippen LogP contribution in [0, 0.1) is 13.8 Å². The highest BCUT2D eigenvalue weighted by atomic mass is 35.5. The van der Waals surface area contributed by atoms with Crippen LogP contribution in [0.4, 0.5) is 0 Å². The average Bonchev–Trinajstić information content (AvgIpc) is 2.53. The Bertz CT molecular complexity index is 688. The molecule has 5 heteroatoms. The zero-order valence-electron chi connectivity index (χ0n) is 14.0. The lowest BCUT2D eigenvalue weighted by atomic mass is 10.0. The van der Waals surface area contributed by atoms with Gasteiger partial charge in [0.1, 0.15) is 18.4 Å². The number of para-hydroxylation sites is 1. The number of nitrogens with two attached hydrogens (primary N) is 1. The number of rotatable bonds is 7. The summed E-state index contributed by atoms with van der Waals surface area (Å²) in [4.78, 5) is 12.0. The van der Waals surface area contributed by atoms with Crippen molar-refractivity contribution in [3.63, 3.8) is 0 Å². The molecular weight excluding hydrogens is 326 g/mol. The molecule has 2 rings (SSSR count). The molecular formula is C19H24ClNO3. The van der Waals surface area contributed by atoms with Crippen molar-refractivity contribution in [2.75, 3.05) is 13.1 Å². The lowest BCUT2D eigenvalue weighted by molar-refractivity contribution is -0.660. The van der Waals surface area contributed by atoms with Gasteiger partial charge in [-0.3, -0.25) is 4.79 Å². The van der Waals surface area contributed by atoms with Crippen molar-refractivity contribution in [3.8, 4) is 5.75 Å². The van der Waals surface area contributed by atoms with Crippen LogP contribution in [0.1, 0.15) is 39.6 Å². The summed E-state index contributed by atoms with van der Waals surface area (Å²) < 4.78 is 0. The molecule has 4 N–H and O–H groups in total. The number of carbonyl (C=O) groups is 1. The van der Waals surface area contributed by atoms with Crippen LogP contribution < -0.4 is 17.7 Å². The van der Waals surface area contributed by atoms with Gasteiger partial charge in [-0.15, -0.1) is 0 Å². The van der Waals surface area contributed by atoms with Crippen LogP contribution in [0.3, 0.4) is 0 Å². The summed E-state index contributed by atoms with van der Waals surface area (Å²) in [5, 5.41) is 21.9. The molecule has 0 saturated carbocycles. The predicted octanol–water partition coefficient (Wildman–Crippen LogP) is -1.12. The van der Waals surface area contributed by atoms with Gasteiger partial charge < -0.3 is 27.9 Å². The number of hydrogen-bond acceptors (Lipinski definition) is 3. The van der Waals surface area contributed by atoms with Crippen LogP contribution in [-0.4, -0.2) is 29.1 Å². The molecule has 0 aliphatic rings. The van der Waals surface area contributed by atoms with E-state index in [1.807, 2.05) is 37.4 Å². The normalized spacial score (nSPS) is 11.6. The largest absolute Gasteiger partial charge is 1.00 e. The number of aromatic hydroxyl groups is 1. The highest BCUT2D eigenvalue weighted by Crippen LogP contribution is 2.18. The van der Waals surface area contributed by atoms with Gasteiger partial charge in [-0.1, -0.05) is 35.9 Å². The van der Waals surface area contributed by atoms with E-state index in [1.54, 1.807) is 18.2 Å². The number of phenols is 1. The minimum atomic E-state index is -0.546. The van der Waals surface area contributed by atoms with Crippen molar-refractivity contribution in [3.05, 3.63) is 64.7 Å². The summed E-state index contributed by atoms with van der Waals surface area (Å²) in [7, 11) is 0. The zero-order valence-corrected chi connectivity index (χ0v) is 14.8. The smallest absolute Gasteiger partial charge is 0.172 e. The lowest BCUT2D eigenvalue weighted by Gasteiger charge is -2.13. The molecule has 130 valence electrons. The standard InChI is InChI=1S/C19H23NO3.ClH/c1-13-7-8-14(2)16(11-13)19(23)12-20-10-9-18(22)15-5-3-4-6-17(15)21;/h3-8,11,19-21,23H,9-10,12H2,1-2H3;1H. The number of aliphatic hydroxyl groups excluding tert-OH is 1. The van der Waals surface area contributed by atoms with Gasteiger partial charge in [0.05, 0.1) is 18.5 Å². The van der Waals surface area contributed by atoms with E-state index in [0.29, 0.717) is 25.1 Å². The Morgan fingerprint density at radius 3 is 2.58 bits per heavy atom. The zero-order chi connectivity index (χ0) is 16.8. The van der Waals surface area contributed by atoms with Crippen LogP contribution in [0.2, 0.25) is 0 Å². The second kappa shape index (κ2) is 9.42. The van der Waals surface area contributed by atoms with Crippen molar-refractivity contribution < 1.29 is 32.7 Å². The third kappa shape index (κ3) is 5.34.